The molecule has 34 heavy (non-hydrogen) atoms. The Morgan fingerprint density at radius 3 is 2.15 bits per heavy atom. The Hall–Kier alpha value is -3.42. The largest absolute Gasteiger partial charge is 0.497 e. The van der Waals surface area contributed by atoms with Gasteiger partial charge in [-0.15, -0.1) is 0 Å². The number of carbonyl (C=O) groups is 1. The number of hydrogen-bond donors (Lipinski definition) is 0. The average Bonchev–Trinajstić information content (AvgIpc) is 3.27. The van der Waals surface area contributed by atoms with E-state index in [1.54, 1.807) is 68.6 Å². The van der Waals surface area contributed by atoms with Gasteiger partial charge in [-0.25, -0.2) is 13.2 Å². The number of methoxy groups -OCH3 is 1. The summed E-state index contributed by atoms with van der Waals surface area (Å²) in [5.74, 6) is 0.0989. The van der Waals surface area contributed by atoms with Crippen molar-refractivity contribution in [1.82, 2.24) is 4.31 Å². The SMILES string of the molecule is CCOC(=O)C1=C[C@@H](c2ccccc2)N(S(=O)(=O)c2ccc(C)cc2)[C@H]1c1ccc(OC)cc1. The van der Waals surface area contributed by atoms with Crippen LogP contribution in [0.15, 0.2) is 95.4 Å². The van der Waals surface area contributed by atoms with Crippen molar-refractivity contribution in [3.63, 3.8) is 0 Å². The molecule has 0 amide bonds. The second kappa shape index (κ2) is 9.83. The second-order valence-electron chi connectivity index (χ2n) is 8.02. The van der Waals surface area contributed by atoms with Crippen molar-refractivity contribution in [2.75, 3.05) is 13.7 Å². The molecule has 6 nitrogen and oxygen atoms in total. The quantitative estimate of drug-likeness (QED) is 0.449. The number of aryl methyl sites for hydroxylation is 1. The van der Waals surface area contributed by atoms with Crippen LogP contribution in [0, 0.1) is 6.92 Å². The molecule has 0 N–H and O–H groups in total. The Morgan fingerprint density at radius 2 is 1.56 bits per heavy atom. The van der Waals surface area contributed by atoms with Gasteiger partial charge in [-0.3, -0.25) is 0 Å². The number of rotatable bonds is 7. The van der Waals surface area contributed by atoms with Crippen LogP contribution in [0.4, 0.5) is 0 Å². The number of benzene rings is 3. The van der Waals surface area contributed by atoms with Crippen LogP contribution in [0.5, 0.6) is 5.75 Å². The standard InChI is InChI=1S/C27H27NO5S/c1-4-33-27(29)24-18-25(20-8-6-5-7-9-20)28(26(24)21-12-14-22(32-3)15-13-21)34(30,31)23-16-10-19(2)11-17-23/h5-18,25-26H,4H2,1-3H3/t25-,26-/m0/s1. The van der Waals surface area contributed by atoms with Gasteiger partial charge in [-0.05, 0) is 55.3 Å². The van der Waals surface area contributed by atoms with Crippen LogP contribution in [0.25, 0.3) is 0 Å². The summed E-state index contributed by atoms with van der Waals surface area (Å²) in [6, 6.07) is 21.5. The average molecular weight is 478 g/mol. The molecule has 0 aliphatic carbocycles. The molecular formula is C27H27NO5S. The smallest absolute Gasteiger partial charge is 0.335 e. The van der Waals surface area contributed by atoms with E-state index < -0.39 is 28.1 Å². The van der Waals surface area contributed by atoms with E-state index in [-0.39, 0.29) is 17.1 Å². The highest BCUT2D eigenvalue weighted by Crippen LogP contribution is 2.47. The fraction of sp³-hybridized carbons (Fsp3) is 0.222. The summed E-state index contributed by atoms with van der Waals surface area (Å²) in [6.07, 6.45) is 1.70. The Kier molecular flexibility index (Phi) is 6.86. The van der Waals surface area contributed by atoms with E-state index in [0.29, 0.717) is 11.3 Å². The summed E-state index contributed by atoms with van der Waals surface area (Å²) in [5, 5.41) is 0. The summed E-state index contributed by atoms with van der Waals surface area (Å²) in [4.78, 5) is 13.2. The maximum Gasteiger partial charge on any atom is 0.335 e. The van der Waals surface area contributed by atoms with Crippen molar-refractivity contribution >= 4 is 16.0 Å². The van der Waals surface area contributed by atoms with E-state index in [4.69, 9.17) is 9.47 Å². The van der Waals surface area contributed by atoms with Crippen LogP contribution >= 0.6 is 0 Å². The van der Waals surface area contributed by atoms with Crippen LogP contribution in [0.2, 0.25) is 0 Å². The molecule has 1 aliphatic heterocycles. The molecule has 0 fully saturated rings. The van der Waals surface area contributed by atoms with Crippen molar-refractivity contribution in [2.45, 2.75) is 30.8 Å². The maximum absolute atomic E-state index is 14.1. The van der Waals surface area contributed by atoms with Gasteiger partial charge in [0.1, 0.15) is 5.75 Å². The predicted molar refractivity (Wildman–Crippen MR) is 130 cm³/mol. The minimum Gasteiger partial charge on any atom is -0.497 e. The third kappa shape index (κ3) is 4.49. The number of hydrogen-bond acceptors (Lipinski definition) is 5. The Balaban J connectivity index is 1.92. The molecule has 0 saturated heterocycles. The van der Waals surface area contributed by atoms with Crippen LogP contribution in [-0.2, 0) is 19.6 Å². The molecule has 2 atom stereocenters. The molecule has 176 valence electrons. The summed E-state index contributed by atoms with van der Waals surface area (Å²) in [7, 11) is -2.44. The lowest BCUT2D eigenvalue weighted by atomic mass is 10.0. The first-order valence-corrected chi connectivity index (χ1v) is 12.5. The first-order valence-electron chi connectivity index (χ1n) is 11.0. The summed E-state index contributed by atoms with van der Waals surface area (Å²) in [5.41, 5.74) is 2.65. The molecule has 7 heteroatoms. The second-order valence-corrected chi connectivity index (χ2v) is 9.86. The van der Waals surface area contributed by atoms with E-state index >= 15 is 0 Å². The van der Waals surface area contributed by atoms with Crippen molar-refractivity contribution in [1.29, 1.82) is 0 Å². The van der Waals surface area contributed by atoms with Gasteiger partial charge < -0.3 is 9.47 Å². The first-order chi connectivity index (χ1) is 16.4. The lowest BCUT2D eigenvalue weighted by molar-refractivity contribution is -0.138. The van der Waals surface area contributed by atoms with E-state index in [2.05, 4.69) is 0 Å². The highest BCUT2D eigenvalue weighted by molar-refractivity contribution is 7.89. The van der Waals surface area contributed by atoms with Gasteiger partial charge in [-0.2, -0.15) is 4.31 Å². The zero-order chi connectivity index (χ0) is 24.3. The number of ether oxygens (including phenoxy) is 2. The van der Waals surface area contributed by atoms with Crippen molar-refractivity contribution in [3.8, 4) is 5.75 Å². The first kappa shape index (κ1) is 23.7. The molecule has 0 aromatic heterocycles. The van der Waals surface area contributed by atoms with Crippen LogP contribution in [0.1, 0.15) is 35.7 Å². The molecule has 0 radical (unpaired) electrons. The van der Waals surface area contributed by atoms with Gasteiger partial charge in [-0.1, -0.05) is 60.2 Å². The molecule has 1 heterocycles. The van der Waals surface area contributed by atoms with Gasteiger partial charge >= 0.3 is 5.97 Å². The third-order valence-electron chi connectivity index (χ3n) is 5.84. The Morgan fingerprint density at radius 1 is 0.912 bits per heavy atom. The minimum absolute atomic E-state index is 0.163. The highest BCUT2D eigenvalue weighted by atomic mass is 32.2. The maximum atomic E-state index is 14.1. The van der Waals surface area contributed by atoms with Gasteiger partial charge in [0.2, 0.25) is 10.0 Å². The third-order valence-corrected chi connectivity index (χ3v) is 7.70. The fourth-order valence-corrected chi connectivity index (χ4v) is 5.87. The highest BCUT2D eigenvalue weighted by Gasteiger charge is 2.46. The Bertz CT molecular complexity index is 1280. The van der Waals surface area contributed by atoms with Crippen molar-refractivity contribution in [3.05, 3.63) is 107 Å². The number of carbonyl (C=O) groups excluding carboxylic acids is 1. The van der Waals surface area contributed by atoms with Crippen LogP contribution < -0.4 is 4.74 Å². The molecule has 0 bridgehead atoms. The summed E-state index contributed by atoms with van der Waals surface area (Å²) in [6.45, 7) is 3.82. The topological polar surface area (TPSA) is 72.9 Å². The van der Waals surface area contributed by atoms with E-state index in [1.807, 2.05) is 37.3 Å². The molecular weight excluding hydrogens is 450 g/mol. The Labute approximate surface area is 200 Å². The zero-order valence-electron chi connectivity index (χ0n) is 19.3. The predicted octanol–water partition coefficient (Wildman–Crippen LogP) is 4.98. The monoisotopic (exact) mass is 477 g/mol. The van der Waals surface area contributed by atoms with Crippen molar-refractivity contribution in [2.24, 2.45) is 0 Å². The van der Waals surface area contributed by atoms with Gasteiger partial charge in [0, 0.05) is 0 Å². The zero-order valence-corrected chi connectivity index (χ0v) is 20.2. The van der Waals surface area contributed by atoms with E-state index in [0.717, 1.165) is 11.1 Å². The number of nitrogens with zero attached hydrogens (tertiary/aromatic N) is 1. The summed E-state index contributed by atoms with van der Waals surface area (Å²) >= 11 is 0. The lowest BCUT2D eigenvalue weighted by Crippen LogP contribution is -2.35. The van der Waals surface area contributed by atoms with Crippen molar-refractivity contribution < 1.29 is 22.7 Å². The molecule has 3 aromatic carbocycles. The normalized spacial score (nSPS) is 18.4. The molecule has 3 aromatic rings. The minimum atomic E-state index is -4.00. The van der Waals surface area contributed by atoms with Crippen LogP contribution in [-0.4, -0.2) is 32.4 Å². The van der Waals surface area contributed by atoms with E-state index in [1.165, 1.54) is 4.31 Å². The molecule has 0 saturated carbocycles. The van der Waals surface area contributed by atoms with Gasteiger partial charge in [0.05, 0.1) is 36.3 Å². The molecule has 0 unspecified atom stereocenters. The van der Waals surface area contributed by atoms with E-state index in [9.17, 15) is 13.2 Å². The fourth-order valence-electron chi connectivity index (χ4n) is 4.15. The van der Waals surface area contributed by atoms with Gasteiger partial charge in [0.15, 0.2) is 0 Å². The molecule has 0 spiro atoms. The lowest BCUT2D eigenvalue weighted by Gasteiger charge is -2.31. The molecule has 1 aliphatic rings. The van der Waals surface area contributed by atoms with Gasteiger partial charge in [0.25, 0.3) is 0 Å². The molecule has 4 rings (SSSR count). The number of sulfonamides is 1. The number of esters is 1. The summed E-state index contributed by atoms with van der Waals surface area (Å²) < 4.78 is 40.2. The van der Waals surface area contributed by atoms with Crippen LogP contribution in [0.3, 0.4) is 0 Å².